The molecule has 0 saturated carbocycles. The molecule has 2 atom stereocenters. The van der Waals surface area contributed by atoms with Crippen molar-refractivity contribution in [3.8, 4) is 0 Å². The van der Waals surface area contributed by atoms with Gasteiger partial charge in [0.25, 0.3) is 5.69 Å². The summed E-state index contributed by atoms with van der Waals surface area (Å²) in [5.41, 5.74) is 1.30. The molecule has 0 bridgehead atoms. The minimum Gasteiger partial charge on any atom is -0.479 e. The number of benzene rings is 1. The number of hydrogen-bond donors (Lipinski definition) is 1. The third kappa shape index (κ3) is 2.50. The largest absolute Gasteiger partial charge is 0.479 e. The molecule has 102 valence electrons. The van der Waals surface area contributed by atoms with E-state index >= 15 is 0 Å². The summed E-state index contributed by atoms with van der Waals surface area (Å²) in [6.07, 6.45) is -1.24. The number of aryl methyl sites for hydroxylation is 1. The molecule has 1 aliphatic rings. The molecule has 1 N–H and O–H groups in total. The van der Waals surface area contributed by atoms with Gasteiger partial charge < -0.3 is 14.7 Å². The SMILES string of the molecule is Cc1cc(N2C[C@@H](C(=O)O)O[C@@H]2C)ccc1[N+](=O)[O-]. The zero-order valence-corrected chi connectivity index (χ0v) is 10.6. The number of rotatable bonds is 3. The number of carboxylic acids is 1. The lowest BCUT2D eigenvalue weighted by Crippen LogP contribution is -2.29. The van der Waals surface area contributed by atoms with E-state index in [2.05, 4.69) is 0 Å². The van der Waals surface area contributed by atoms with Crippen molar-refractivity contribution < 1.29 is 19.6 Å². The third-order valence-electron chi connectivity index (χ3n) is 3.15. The minimum absolute atomic E-state index is 0.0475. The first kappa shape index (κ1) is 13.3. The maximum atomic E-state index is 10.9. The molecule has 1 aliphatic heterocycles. The summed E-state index contributed by atoms with van der Waals surface area (Å²) in [5.74, 6) is -1.01. The molecule has 1 aromatic rings. The number of ether oxygens (including phenoxy) is 1. The molecule has 1 saturated heterocycles. The Morgan fingerprint density at radius 3 is 2.74 bits per heavy atom. The van der Waals surface area contributed by atoms with Gasteiger partial charge in [-0.15, -0.1) is 0 Å². The molecule has 1 aromatic carbocycles. The summed E-state index contributed by atoms with van der Waals surface area (Å²) < 4.78 is 5.30. The van der Waals surface area contributed by atoms with E-state index in [1.807, 2.05) is 0 Å². The van der Waals surface area contributed by atoms with Crippen molar-refractivity contribution in [1.29, 1.82) is 0 Å². The Balaban J connectivity index is 2.26. The van der Waals surface area contributed by atoms with Gasteiger partial charge in [0.1, 0.15) is 6.23 Å². The maximum absolute atomic E-state index is 10.9. The van der Waals surface area contributed by atoms with Crippen LogP contribution in [0.25, 0.3) is 0 Å². The Hall–Kier alpha value is -2.15. The molecule has 0 aliphatic carbocycles. The van der Waals surface area contributed by atoms with Gasteiger partial charge >= 0.3 is 5.97 Å². The van der Waals surface area contributed by atoms with Crippen molar-refractivity contribution in [2.24, 2.45) is 0 Å². The quantitative estimate of drug-likeness (QED) is 0.659. The molecule has 0 unspecified atom stereocenters. The molecule has 7 nitrogen and oxygen atoms in total. The molecule has 1 fully saturated rings. The standard InChI is InChI=1S/C12H14N2O5/c1-7-5-9(3-4-10(7)14(17)18)13-6-11(12(15)16)19-8(13)2/h3-5,8,11H,6H2,1-2H3,(H,15,16)/t8-,11+/m1/s1. The van der Waals surface area contributed by atoms with E-state index in [1.165, 1.54) is 6.07 Å². The van der Waals surface area contributed by atoms with Crippen LogP contribution < -0.4 is 4.90 Å². The van der Waals surface area contributed by atoms with Crippen LogP contribution in [-0.2, 0) is 9.53 Å². The van der Waals surface area contributed by atoms with E-state index in [1.54, 1.807) is 30.9 Å². The first-order valence-corrected chi connectivity index (χ1v) is 5.80. The highest BCUT2D eigenvalue weighted by molar-refractivity contribution is 5.74. The van der Waals surface area contributed by atoms with Crippen LogP contribution in [0.3, 0.4) is 0 Å². The normalized spacial score (nSPS) is 22.5. The number of anilines is 1. The average Bonchev–Trinajstić information content (AvgIpc) is 2.71. The van der Waals surface area contributed by atoms with Crippen LogP contribution in [0.15, 0.2) is 18.2 Å². The van der Waals surface area contributed by atoms with Crippen LogP contribution in [0.2, 0.25) is 0 Å². The van der Waals surface area contributed by atoms with E-state index in [-0.39, 0.29) is 18.5 Å². The molecule has 19 heavy (non-hydrogen) atoms. The second-order valence-corrected chi connectivity index (χ2v) is 4.44. The topological polar surface area (TPSA) is 92.9 Å². The molecule has 1 heterocycles. The van der Waals surface area contributed by atoms with E-state index in [4.69, 9.17) is 9.84 Å². The fraction of sp³-hybridized carbons (Fsp3) is 0.417. The van der Waals surface area contributed by atoms with Gasteiger partial charge in [-0.1, -0.05) is 0 Å². The van der Waals surface area contributed by atoms with Gasteiger partial charge in [0, 0.05) is 17.3 Å². The Bertz CT molecular complexity index is 531. The zero-order valence-electron chi connectivity index (χ0n) is 10.6. The van der Waals surface area contributed by atoms with Crippen LogP contribution in [0.1, 0.15) is 12.5 Å². The molecular weight excluding hydrogens is 252 g/mol. The van der Waals surface area contributed by atoms with Gasteiger partial charge in [-0.3, -0.25) is 10.1 Å². The van der Waals surface area contributed by atoms with Gasteiger partial charge in [0.05, 0.1) is 11.5 Å². The van der Waals surface area contributed by atoms with Gasteiger partial charge in [-0.2, -0.15) is 0 Å². The van der Waals surface area contributed by atoms with Gasteiger partial charge in [0.15, 0.2) is 6.10 Å². The molecule has 0 aromatic heterocycles. The smallest absolute Gasteiger partial charge is 0.334 e. The number of nitro groups is 1. The number of nitro benzene ring substituents is 1. The highest BCUT2D eigenvalue weighted by Crippen LogP contribution is 2.29. The average molecular weight is 266 g/mol. The minimum atomic E-state index is -1.01. The molecule has 7 heteroatoms. The van der Waals surface area contributed by atoms with Crippen LogP contribution in [0.4, 0.5) is 11.4 Å². The summed E-state index contributed by atoms with van der Waals surface area (Å²) in [6, 6.07) is 4.70. The molecule has 0 spiro atoms. The molecule has 0 amide bonds. The lowest BCUT2D eigenvalue weighted by molar-refractivity contribution is -0.385. The van der Waals surface area contributed by atoms with Gasteiger partial charge in [-0.05, 0) is 26.0 Å². The fourth-order valence-electron chi connectivity index (χ4n) is 2.16. The van der Waals surface area contributed by atoms with Gasteiger partial charge in [0.2, 0.25) is 0 Å². The second-order valence-electron chi connectivity index (χ2n) is 4.44. The number of carboxylic acid groups (broad SMARTS) is 1. The number of nitrogens with zero attached hydrogens (tertiary/aromatic N) is 2. The van der Waals surface area contributed by atoms with Crippen molar-refractivity contribution in [2.75, 3.05) is 11.4 Å². The first-order chi connectivity index (χ1) is 8.90. The second kappa shape index (κ2) is 4.85. The summed E-state index contributed by atoms with van der Waals surface area (Å²) in [7, 11) is 0. The molecule has 2 rings (SSSR count). The van der Waals surface area contributed by atoms with Crippen molar-refractivity contribution in [1.82, 2.24) is 0 Å². The highest BCUT2D eigenvalue weighted by Gasteiger charge is 2.34. The molecular formula is C12H14N2O5. The van der Waals surface area contributed by atoms with Crippen molar-refractivity contribution in [3.63, 3.8) is 0 Å². The number of aliphatic carboxylic acids is 1. The summed E-state index contributed by atoms with van der Waals surface area (Å²) in [6.45, 7) is 3.63. The van der Waals surface area contributed by atoms with Crippen molar-refractivity contribution in [2.45, 2.75) is 26.2 Å². The molecule has 0 radical (unpaired) electrons. The van der Waals surface area contributed by atoms with Crippen LogP contribution >= 0.6 is 0 Å². The number of carbonyl (C=O) groups is 1. The van der Waals surface area contributed by atoms with Gasteiger partial charge in [-0.25, -0.2) is 4.79 Å². The maximum Gasteiger partial charge on any atom is 0.334 e. The van der Waals surface area contributed by atoms with E-state index in [0.717, 1.165) is 5.69 Å². The predicted molar refractivity (Wildman–Crippen MR) is 67.2 cm³/mol. The fourth-order valence-corrected chi connectivity index (χ4v) is 2.16. The third-order valence-corrected chi connectivity index (χ3v) is 3.15. The van der Waals surface area contributed by atoms with E-state index in [0.29, 0.717) is 5.56 Å². The Morgan fingerprint density at radius 2 is 2.26 bits per heavy atom. The lowest BCUT2D eigenvalue weighted by Gasteiger charge is -2.21. The van der Waals surface area contributed by atoms with Crippen LogP contribution in [0, 0.1) is 17.0 Å². The van der Waals surface area contributed by atoms with Crippen LogP contribution in [-0.4, -0.2) is 34.9 Å². The lowest BCUT2D eigenvalue weighted by atomic mass is 10.1. The Morgan fingerprint density at radius 1 is 1.58 bits per heavy atom. The Kier molecular flexibility index (Phi) is 3.39. The van der Waals surface area contributed by atoms with Crippen molar-refractivity contribution in [3.05, 3.63) is 33.9 Å². The predicted octanol–water partition coefficient (Wildman–Crippen LogP) is 1.54. The first-order valence-electron chi connectivity index (χ1n) is 5.80. The zero-order chi connectivity index (χ0) is 14.2. The highest BCUT2D eigenvalue weighted by atomic mass is 16.6. The van der Waals surface area contributed by atoms with Crippen LogP contribution in [0.5, 0.6) is 0 Å². The summed E-state index contributed by atoms with van der Waals surface area (Å²) in [4.78, 5) is 23.0. The van der Waals surface area contributed by atoms with E-state index < -0.39 is 17.0 Å². The Labute approximate surface area is 109 Å². The monoisotopic (exact) mass is 266 g/mol. The van der Waals surface area contributed by atoms with Crippen molar-refractivity contribution >= 4 is 17.3 Å². The number of hydrogen-bond acceptors (Lipinski definition) is 5. The summed E-state index contributed by atoms with van der Waals surface area (Å²) in [5, 5.41) is 19.7. The van der Waals surface area contributed by atoms with E-state index in [9.17, 15) is 14.9 Å². The summed E-state index contributed by atoms with van der Waals surface area (Å²) >= 11 is 0.